The maximum Gasteiger partial charge on any atom is 0.236 e. The van der Waals surface area contributed by atoms with Gasteiger partial charge in [0.2, 0.25) is 5.91 Å². The van der Waals surface area contributed by atoms with Gasteiger partial charge < -0.3 is 10.0 Å². The van der Waals surface area contributed by atoms with E-state index in [9.17, 15) is 9.90 Å². The van der Waals surface area contributed by atoms with Gasteiger partial charge in [-0.15, -0.1) is 0 Å². The molecule has 1 saturated heterocycles. The van der Waals surface area contributed by atoms with E-state index in [4.69, 9.17) is 0 Å². The number of rotatable bonds is 5. The molecule has 1 saturated carbocycles. The maximum atomic E-state index is 12.3. The lowest BCUT2D eigenvalue weighted by Crippen LogP contribution is -2.49. The van der Waals surface area contributed by atoms with E-state index < -0.39 is 0 Å². The van der Waals surface area contributed by atoms with Crippen LogP contribution in [0.15, 0.2) is 0 Å². The van der Waals surface area contributed by atoms with Gasteiger partial charge in [-0.3, -0.25) is 9.69 Å². The monoisotopic (exact) mass is 254 g/mol. The predicted molar refractivity (Wildman–Crippen MR) is 71.3 cm³/mol. The average molecular weight is 254 g/mol. The highest BCUT2D eigenvalue weighted by atomic mass is 16.3. The first kappa shape index (κ1) is 13.8. The van der Waals surface area contributed by atoms with Crippen LogP contribution in [0.5, 0.6) is 0 Å². The number of likely N-dealkylation sites (N-methyl/N-ethyl adjacent to an activating group) is 1. The molecule has 0 bridgehead atoms. The van der Waals surface area contributed by atoms with Crippen LogP contribution in [-0.2, 0) is 4.79 Å². The Hall–Kier alpha value is -0.610. The molecule has 2 rings (SSSR count). The SMILES string of the molecule is CCN(CC(=O)N1CCCC(C)(CO)C1)C1CC1. The molecule has 4 heteroatoms. The zero-order valence-corrected chi connectivity index (χ0v) is 11.7. The third kappa shape index (κ3) is 3.23. The fourth-order valence-electron chi connectivity index (χ4n) is 2.87. The van der Waals surface area contributed by atoms with Gasteiger partial charge in [0.1, 0.15) is 0 Å². The summed E-state index contributed by atoms with van der Waals surface area (Å²) in [6, 6.07) is 0.646. The zero-order chi connectivity index (χ0) is 13.2. The summed E-state index contributed by atoms with van der Waals surface area (Å²) in [5.41, 5.74) is -0.0927. The summed E-state index contributed by atoms with van der Waals surface area (Å²) in [6.07, 6.45) is 4.52. The van der Waals surface area contributed by atoms with Gasteiger partial charge in [0, 0.05) is 24.5 Å². The molecule has 1 unspecified atom stereocenters. The Morgan fingerprint density at radius 2 is 2.22 bits per heavy atom. The van der Waals surface area contributed by atoms with Crippen LogP contribution in [0.4, 0.5) is 0 Å². The van der Waals surface area contributed by atoms with Gasteiger partial charge in [-0.25, -0.2) is 0 Å². The number of likely N-dealkylation sites (tertiary alicyclic amines) is 1. The van der Waals surface area contributed by atoms with E-state index in [1.165, 1.54) is 12.8 Å². The van der Waals surface area contributed by atoms with Gasteiger partial charge in [-0.2, -0.15) is 0 Å². The van der Waals surface area contributed by atoms with Crippen LogP contribution in [-0.4, -0.2) is 59.6 Å². The van der Waals surface area contributed by atoms with Gasteiger partial charge in [0.15, 0.2) is 0 Å². The third-order valence-electron chi connectivity index (χ3n) is 4.32. The molecule has 0 aromatic rings. The van der Waals surface area contributed by atoms with Crippen molar-refractivity contribution in [2.75, 3.05) is 32.8 Å². The molecule has 2 fully saturated rings. The number of aliphatic hydroxyl groups is 1. The summed E-state index contributed by atoms with van der Waals surface area (Å²) in [5, 5.41) is 9.43. The first-order valence-corrected chi connectivity index (χ1v) is 7.20. The Balaban J connectivity index is 1.87. The molecule has 1 atom stereocenters. The average Bonchev–Trinajstić information content (AvgIpc) is 3.20. The summed E-state index contributed by atoms with van der Waals surface area (Å²) in [7, 11) is 0. The maximum absolute atomic E-state index is 12.3. The van der Waals surface area contributed by atoms with Crippen LogP contribution in [0.25, 0.3) is 0 Å². The van der Waals surface area contributed by atoms with Crippen molar-refractivity contribution in [3.8, 4) is 0 Å². The smallest absolute Gasteiger partial charge is 0.236 e. The highest BCUT2D eigenvalue weighted by Crippen LogP contribution is 2.30. The molecule has 1 N–H and O–H groups in total. The number of aliphatic hydroxyl groups excluding tert-OH is 1. The van der Waals surface area contributed by atoms with Gasteiger partial charge in [-0.1, -0.05) is 13.8 Å². The molecular weight excluding hydrogens is 228 g/mol. The van der Waals surface area contributed by atoms with Crippen molar-refractivity contribution in [1.82, 2.24) is 9.80 Å². The van der Waals surface area contributed by atoms with Gasteiger partial charge in [-0.05, 0) is 32.2 Å². The number of amides is 1. The molecule has 0 radical (unpaired) electrons. The summed E-state index contributed by atoms with van der Waals surface area (Å²) in [6.45, 7) is 7.47. The number of nitrogens with zero attached hydrogens (tertiary/aromatic N) is 2. The third-order valence-corrected chi connectivity index (χ3v) is 4.32. The minimum absolute atomic E-state index is 0.0927. The quantitative estimate of drug-likeness (QED) is 0.799. The van der Waals surface area contributed by atoms with E-state index in [0.29, 0.717) is 19.1 Å². The molecular formula is C14H26N2O2. The lowest BCUT2D eigenvalue weighted by Gasteiger charge is -2.40. The second-order valence-corrected chi connectivity index (χ2v) is 6.18. The number of hydrogen-bond donors (Lipinski definition) is 1. The Kier molecular flexibility index (Phi) is 4.28. The second kappa shape index (κ2) is 5.57. The fraction of sp³-hybridized carbons (Fsp3) is 0.929. The molecule has 104 valence electrons. The molecule has 4 nitrogen and oxygen atoms in total. The Labute approximate surface area is 110 Å². The van der Waals surface area contributed by atoms with Gasteiger partial charge in [0.25, 0.3) is 0 Å². The van der Waals surface area contributed by atoms with E-state index >= 15 is 0 Å². The van der Waals surface area contributed by atoms with Crippen LogP contribution in [0.3, 0.4) is 0 Å². The van der Waals surface area contributed by atoms with Crippen molar-refractivity contribution in [1.29, 1.82) is 0 Å². The summed E-state index contributed by atoms with van der Waals surface area (Å²) in [4.78, 5) is 16.5. The molecule has 0 aromatic heterocycles. The Bertz CT molecular complexity index is 304. The largest absolute Gasteiger partial charge is 0.396 e. The van der Waals surface area contributed by atoms with Crippen molar-refractivity contribution in [2.24, 2.45) is 5.41 Å². The number of carbonyl (C=O) groups is 1. The van der Waals surface area contributed by atoms with Gasteiger partial charge in [0.05, 0.1) is 13.2 Å². The highest BCUT2D eigenvalue weighted by Gasteiger charge is 2.34. The standard InChI is InChI=1S/C14H26N2O2/c1-3-15(12-5-6-12)9-13(18)16-8-4-7-14(2,10-16)11-17/h12,17H,3-11H2,1-2H3. The minimum Gasteiger partial charge on any atom is -0.396 e. The van der Waals surface area contributed by atoms with E-state index in [1.807, 2.05) is 4.90 Å². The molecule has 0 spiro atoms. The predicted octanol–water partition coefficient (Wildman–Crippen LogP) is 1.09. The lowest BCUT2D eigenvalue weighted by atomic mass is 9.83. The van der Waals surface area contributed by atoms with E-state index in [2.05, 4.69) is 18.7 Å². The highest BCUT2D eigenvalue weighted by molar-refractivity contribution is 5.78. The first-order valence-electron chi connectivity index (χ1n) is 7.20. The van der Waals surface area contributed by atoms with Crippen molar-refractivity contribution in [2.45, 2.75) is 45.6 Å². The van der Waals surface area contributed by atoms with Crippen LogP contribution >= 0.6 is 0 Å². The Morgan fingerprint density at radius 3 is 2.78 bits per heavy atom. The molecule has 2 aliphatic rings. The first-order chi connectivity index (χ1) is 8.58. The van der Waals surface area contributed by atoms with Crippen LogP contribution in [0, 0.1) is 5.41 Å². The topological polar surface area (TPSA) is 43.8 Å². The fourth-order valence-corrected chi connectivity index (χ4v) is 2.87. The van der Waals surface area contributed by atoms with E-state index in [0.717, 1.165) is 25.9 Å². The lowest BCUT2D eigenvalue weighted by molar-refractivity contribution is -0.136. The number of hydrogen-bond acceptors (Lipinski definition) is 3. The van der Waals surface area contributed by atoms with E-state index in [1.54, 1.807) is 0 Å². The van der Waals surface area contributed by atoms with Gasteiger partial charge >= 0.3 is 0 Å². The molecule has 0 aromatic carbocycles. The summed E-state index contributed by atoms with van der Waals surface area (Å²) < 4.78 is 0. The second-order valence-electron chi connectivity index (χ2n) is 6.18. The van der Waals surface area contributed by atoms with Crippen molar-refractivity contribution in [3.63, 3.8) is 0 Å². The molecule has 18 heavy (non-hydrogen) atoms. The zero-order valence-electron chi connectivity index (χ0n) is 11.7. The van der Waals surface area contributed by atoms with Crippen LogP contribution in [0.1, 0.15) is 39.5 Å². The normalized spacial score (nSPS) is 28.8. The molecule has 1 amide bonds. The van der Waals surface area contributed by atoms with Crippen LogP contribution < -0.4 is 0 Å². The van der Waals surface area contributed by atoms with Crippen molar-refractivity contribution >= 4 is 5.91 Å². The van der Waals surface area contributed by atoms with E-state index in [-0.39, 0.29) is 17.9 Å². The molecule has 1 aliphatic carbocycles. The molecule has 1 heterocycles. The summed E-state index contributed by atoms with van der Waals surface area (Å²) in [5.74, 6) is 0.239. The number of carbonyl (C=O) groups excluding carboxylic acids is 1. The van der Waals surface area contributed by atoms with Crippen molar-refractivity contribution < 1.29 is 9.90 Å². The van der Waals surface area contributed by atoms with Crippen molar-refractivity contribution in [3.05, 3.63) is 0 Å². The Morgan fingerprint density at radius 1 is 1.50 bits per heavy atom. The minimum atomic E-state index is -0.0927. The molecule has 1 aliphatic heterocycles. The number of piperidine rings is 1. The summed E-state index contributed by atoms with van der Waals surface area (Å²) >= 11 is 0. The van der Waals surface area contributed by atoms with Crippen LogP contribution in [0.2, 0.25) is 0 Å².